The van der Waals surface area contributed by atoms with Crippen molar-refractivity contribution in [3.8, 4) is 0 Å². The highest BCUT2D eigenvalue weighted by Crippen LogP contribution is 2.20. The number of nitrogens with one attached hydrogen (secondary N) is 2. The molecular formula is C5H9N2. The van der Waals surface area contributed by atoms with Crippen LogP contribution in [0, 0.1) is 6.04 Å². The Morgan fingerprint density at radius 3 is 2.57 bits per heavy atom. The van der Waals surface area contributed by atoms with Gasteiger partial charge in [-0.1, -0.05) is 0 Å². The summed E-state index contributed by atoms with van der Waals surface area (Å²) < 4.78 is 0. The van der Waals surface area contributed by atoms with Crippen LogP contribution in [0.3, 0.4) is 0 Å². The van der Waals surface area contributed by atoms with Crippen LogP contribution in [0.5, 0.6) is 0 Å². The van der Waals surface area contributed by atoms with Crippen LogP contribution >= 0.6 is 0 Å². The van der Waals surface area contributed by atoms with Crippen molar-refractivity contribution in [1.29, 1.82) is 0 Å². The van der Waals surface area contributed by atoms with E-state index in [9.17, 15) is 0 Å². The summed E-state index contributed by atoms with van der Waals surface area (Å²) in [5.41, 5.74) is 0. The van der Waals surface area contributed by atoms with Gasteiger partial charge < -0.3 is 10.6 Å². The first-order valence-electron chi connectivity index (χ1n) is 2.77. The van der Waals surface area contributed by atoms with Gasteiger partial charge in [-0.05, 0) is 6.42 Å². The van der Waals surface area contributed by atoms with Crippen molar-refractivity contribution in [2.75, 3.05) is 13.1 Å². The SMILES string of the molecule is C1NCC2C[C]1N2. The van der Waals surface area contributed by atoms with E-state index in [2.05, 4.69) is 10.6 Å². The van der Waals surface area contributed by atoms with Gasteiger partial charge in [0.25, 0.3) is 0 Å². The molecule has 0 aliphatic carbocycles. The van der Waals surface area contributed by atoms with Gasteiger partial charge in [0.2, 0.25) is 0 Å². The zero-order valence-electron chi connectivity index (χ0n) is 4.20. The van der Waals surface area contributed by atoms with E-state index < -0.39 is 0 Å². The van der Waals surface area contributed by atoms with Crippen LogP contribution in [0.15, 0.2) is 0 Å². The molecule has 2 heteroatoms. The predicted octanol–water partition coefficient (Wildman–Crippen LogP) is -0.517. The Morgan fingerprint density at radius 2 is 2.43 bits per heavy atom. The number of piperazine rings is 1. The number of fused-ring (bicyclic) bond motifs is 2. The van der Waals surface area contributed by atoms with Crippen molar-refractivity contribution in [3.63, 3.8) is 0 Å². The molecule has 2 N–H and O–H groups in total. The molecule has 3 aliphatic heterocycles. The van der Waals surface area contributed by atoms with E-state index in [1.807, 2.05) is 0 Å². The van der Waals surface area contributed by atoms with E-state index in [0.717, 1.165) is 12.6 Å². The molecule has 3 fully saturated rings. The second-order valence-electron chi connectivity index (χ2n) is 2.28. The maximum atomic E-state index is 3.33. The topological polar surface area (TPSA) is 24.1 Å². The number of hydrogen-bond acceptors (Lipinski definition) is 2. The lowest BCUT2D eigenvalue weighted by atomic mass is 9.93. The zero-order chi connectivity index (χ0) is 4.69. The monoisotopic (exact) mass is 97.1 g/mol. The Kier molecular flexibility index (Phi) is 0.664. The van der Waals surface area contributed by atoms with Gasteiger partial charge in [-0.3, -0.25) is 0 Å². The minimum Gasteiger partial charge on any atom is -0.313 e. The Labute approximate surface area is 43.3 Å². The van der Waals surface area contributed by atoms with Crippen LogP contribution in [0.2, 0.25) is 0 Å². The van der Waals surface area contributed by atoms with Gasteiger partial charge in [0.05, 0.1) is 6.04 Å². The van der Waals surface area contributed by atoms with Crippen LogP contribution < -0.4 is 10.6 Å². The van der Waals surface area contributed by atoms with E-state index in [1.165, 1.54) is 19.0 Å². The number of rotatable bonds is 0. The molecule has 0 aromatic heterocycles. The van der Waals surface area contributed by atoms with Crippen LogP contribution in [0.4, 0.5) is 0 Å². The maximum absolute atomic E-state index is 3.33. The minimum absolute atomic E-state index is 0.781. The normalized spacial score (nSPS) is 40.3. The molecule has 0 aromatic rings. The fourth-order valence-corrected chi connectivity index (χ4v) is 1.21. The third-order valence-corrected chi connectivity index (χ3v) is 1.63. The van der Waals surface area contributed by atoms with Crippen LogP contribution in [0.1, 0.15) is 6.42 Å². The molecule has 3 aliphatic rings. The van der Waals surface area contributed by atoms with E-state index in [-0.39, 0.29) is 0 Å². The highest BCUT2D eigenvalue weighted by molar-refractivity contribution is 5.09. The van der Waals surface area contributed by atoms with E-state index in [4.69, 9.17) is 0 Å². The Morgan fingerprint density at radius 1 is 1.57 bits per heavy atom. The smallest absolute Gasteiger partial charge is 0.0521 e. The van der Waals surface area contributed by atoms with Gasteiger partial charge in [0.1, 0.15) is 0 Å². The van der Waals surface area contributed by atoms with Gasteiger partial charge in [0, 0.05) is 19.1 Å². The first-order chi connectivity index (χ1) is 3.45. The third kappa shape index (κ3) is 0.469. The molecule has 0 spiro atoms. The van der Waals surface area contributed by atoms with Crippen molar-refractivity contribution in [2.45, 2.75) is 12.5 Å². The fraction of sp³-hybridized carbons (Fsp3) is 0.800. The maximum Gasteiger partial charge on any atom is 0.0521 e. The predicted molar refractivity (Wildman–Crippen MR) is 27.7 cm³/mol. The first-order valence-corrected chi connectivity index (χ1v) is 2.77. The number of piperidine rings is 1. The first kappa shape index (κ1) is 3.87. The molecule has 0 aromatic carbocycles. The van der Waals surface area contributed by atoms with Crippen LogP contribution in [0.25, 0.3) is 0 Å². The fourth-order valence-electron chi connectivity index (χ4n) is 1.21. The second-order valence-corrected chi connectivity index (χ2v) is 2.28. The lowest BCUT2D eigenvalue weighted by Crippen LogP contribution is -2.60. The van der Waals surface area contributed by atoms with Gasteiger partial charge in [-0.25, -0.2) is 0 Å². The lowest BCUT2D eigenvalue weighted by molar-refractivity contribution is 0.287. The van der Waals surface area contributed by atoms with E-state index in [1.54, 1.807) is 0 Å². The molecule has 1 atom stereocenters. The summed E-state index contributed by atoms with van der Waals surface area (Å²) in [7, 11) is 0. The molecule has 7 heavy (non-hydrogen) atoms. The third-order valence-electron chi connectivity index (χ3n) is 1.63. The molecule has 39 valence electrons. The Balaban J connectivity index is 1.99. The van der Waals surface area contributed by atoms with Crippen molar-refractivity contribution in [2.24, 2.45) is 0 Å². The summed E-state index contributed by atoms with van der Waals surface area (Å²) in [5.74, 6) is 0. The summed E-state index contributed by atoms with van der Waals surface area (Å²) in [5, 5.41) is 6.62. The average molecular weight is 97.1 g/mol. The standard InChI is InChI=1S/C5H9N2/c1-4-2-6-3-5(1)7-4/h4,6-7H,1-3H2. The molecule has 3 rings (SSSR count). The lowest BCUT2D eigenvalue weighted by Gasteiger charge is -2.42. The molecule has 0 amide bonds. The molecule has 2 nitrogen and oxygen atoms in total. The van der Waals surface area contributed by atoms with E-state index >= 15 is 0 Å². The van der Waals surface area contributed by atoms with Gasteiger partial charge >= 0.3 is 0 Å². The summed E-state index contributed by atoms with van der Waals surface area (Å²) in [6.07, 6.45) is 1.33. The van der Waals surface area contributed by atoms with E-state index in [0.29, 0.717) is 0 Å². The van der Waals surface area contributed by atoms with Crippen molar-refractivity contribution in [1.82, 2.24) is 10.6 Å². The van der Waals surface area contributed by atoms with Gasteiger partial charge in [-0.2, -0.15) is 0 Å². The molecule has 3 heterocycles. The Hall–Kier alpha value is -0.0800. The highest BCUT2D eigenvalue weighted by atomic mass is 15.1. The zero-order valence-corrected chi connectivity index (χ0v) is 4.20. The molecule has 1 unspecified atom stereocenters. The highest BCUT2D eigenvalue weighted by Gasteiger charge is 2.32. The van der Waals surface area contributed by atoms with Crippen LogP contribution in [-0.2, 0) is 0 Å². The minimum atomic E-state index is 0.781. The quantitative estimate of drug-likeness (QED) is 0.425. The molecule has 0 saturated carbocycles. The molecule has 2 bridgehead atoms. The Bertz CT molecular complexity index is 62.6. The van der Waals surface area contributed by atoms with Crippen molar-refractivity contribution >= 4 is 0 Å². The summed E-state index contributed by atoms with van der Waals surface area (Å²) in [6.45, 7) is 2.28. The van der Waals surface area contributed by atoms with Gasteiger partial charge in [0.15, 0.2) is 0 Å². The summed E-state index contributed by atoms with van der Waals surface area (Å²) in [6, 6.07) is 2.28. The molecule has 3 saturated heterocycles. The molecular weight excluding hydrogens is 88.1 g/mol. The number of hydrogen-bond donors (Lipinski definition) is 2. The summed E-state index contributed by atoms with van der Waals surface area (Å²) in [4.78, 5) is 0. The largest absolute Gasteiger partial charge is 0.313 e. The van der Waals surface area contributed by atoms with Crippen LogP contribution in [-0.4, -0.2) is 19.1 Å². The van der Waals surface area contributed by atoms with Gasteiger partial charge in [-0.15, -0.1) is 0 Å². The second kappa shape index (κ2) is 1.20. The van der Waals surface area contributed by atoms with Crippen molar-refractivity contribution in [3.05, 3.63) is 6.04 Å². The molecule has 1 radical (unpaired) electrons. The van der Waals surface area contributed by atoms with Crippen molar-refractivity contribution < 1.29 is 0 Å². The average Bonchev–Trinajstić information content (AvgIpc) is 1.67. The summed E-state index contributed by atoms with van der Waals surface area (Å²) >= 11 is 0.